The van der Waals surface area contributed by atoms with E-state index in [0.717, 1.165) is 12.2 Å². The monoisotopic (exact) mass is 146 g/mol. The molecular formula is C6H11ClN2. The second-order valence-electron chi connectivity index (χ2n) is 1.81. The third kappa shape index (κ3) is 2.06. The summed E-state index contributed by atoms with van der Waals surface area (Å²) in [4.78, 5) is 0. The molecule has 2 nitrogen and oxygen atoms in total. The average molecular weight is 147 g/mol. The summed E-state index contributed by atoms with van der Waals surface area (Å²) in [7, 11) is 0. The first-order valence-electron chi connectivity index (χ1n) is 2.83. The van der Waals surface area contributed by atoms with Crippen LogP contribution in [-0.4, -0.2) is 9.78 Å². The van der Waals surface area contributed by atoms with Gasteiger partial charge in [-0.15, -0.1) is 12.4 Å². The molecule has 52 valence electrons. The van der Waals surface area contributed by atoms with Gasteiger partial charge in [-0.1, -0.05) is 0 Å². The third-order valence-corrected chi connectivity index (χ3v) is 1.10. The highest BCUT2D eigenvalue weighted by Crippen LogP contribution is 1.90. The minimum Gasteiger partial charge on any atom is -0.273 e. The van der Waals surface area contributed by atoms with Crippen LogP contribution in [0.5, 0.6) is 0 Å². The van der Waals surface area contributed by atoms with Gasteiger partial charge in [-0.25, -0.2) is 0 Å². The largest absolute Gasteiger partial charge is 0.273 e. The van der Waals surface area contributed by atoms with Gasteiger partial charge in [-0.3, -0.25) is 4.68 Å². The lowest BCUT2D eigenvalue weighted by molar-refractivity contribution is 0.653. The van der Waals surface area contributed by atoms with Crippen molar-refractivity contribution < 1.29 is 0 Å². The Balaban J connectivity index is 0.000000640. The maximum absolute atomic E-state index is 4.15. The quantitative estimate of drug-likeness (QED) is 0.589. The molecule has 0 atom stereocenters. The molecule has 0 aliphatic carbocycles. The SMILES string of the molecule is CCn1ccc(C)n1.Cl. The fourth-order valence-electron chi connectivity index (χ4n) is 0.639. The summed E-state index contributed by atoms with van der Waals surface area (Å²) in [6.45, 7) is 5.03. The molecule has 0 unspecified atom stereocenters. The van der Waals surface area contributed by atoms with Crippen molar-refractivity contribution in [2.75, 3.05) is 0 Å². The highest BCUT2D eigenvalue weighted by atomic mass is 35.5. The molecule has 0 fully saturated rings. The fourth-order valence-corrected chi connectivity index (χ4v) is 0.639. The second-order valence-corrected chi connectivity index (χ2v) is 1.81. The van der Waals surface area contributed by atoms with Crippen molar-refractivity contribution in [3.05, 3.63) is 18.0 Å². The smallest absolute Gasteiger partial charge is 0.0593 e. The van der Waals surface area contributed by atoms with Gasteiger partial charge >= 0.3 is 0 Å². The molecule has 0 bridgehead atoms. The molecule has 0 spiro atoms. The van der Waals surface area contributed by atoms with Crippen molar-refractivity contribution in [2.24, 2.45) is 0 Å². The van der Waals surface area contributed by atoms with Gasteiger partial charge in [0.15, 0.2) is 0 Å². The molecule has 0 aliphatic heterocycles. The normalized spacial score (nSPS) is 8.67. The van der Waals surface area contributed by atoms with Gasteiger partial charge < -0.3 is 0 Å². The predicted octanol–water partition coefficient (Wildman–Crippen LogP) is 1.63. The van der Waals surface area contributed by atoms with Gasteiger partial charge in [0.05, 0.1) is 5.69 Å². The molecule has 1 heterocycles. The Hall–Kier alpha value is -0.500. The lowest BCUT2D eigenvalue weighted by atomic mass is 10.5. The highest BCUT2D eigenvalue weighted by molar-refractivity contribution is 5.85. The van der Waals surface area contributed by atoms with E-state index in [2.05, 4.69) is 12.0 Å². The molecule has 0 saturated heterocycles. The summed E-state index contributed by atoms with van der Waals surface area (Å²) in [5.74, 6) is 0. The Morgan fingerprint density at radius 3 is 2.56 bits per heavy atom. The molecule has 0 radical (unpaired) electrons. The van der Waals surface area contributed by atoms with Crippen LogP contribution in [0.1, 0.15) is 12.6 Å². The lowest BCUT2D eigenvalue weighted by Gasteiger charge is -1.89. The van der Waals surface area contributed by atoms with Gasteiger partial charge in [0.2, 0.25) is 0 Å². The summed E-state index contributed by atoms with van der Waals surface area (Å²) in [6, 6.07) is 2.00. The topological polar surface area (TPSA) is 17.8 Å². The predicted molar refractivity (Wildman–Crippen MR) is 39.9 cm³/mol. The molecule has 9 heavy (non-hydrogen) atoms. The van der Waals surface area contributed by atoms with Crippen molar-refractivity contribution >= 4 is 12.4 Å². The van der Waals surface area contributed by atoms with E-state index < -0.39 is 0 Å². The van der Waals surface area contributed by atoms with E-state index in [1.54, 1.807) is 0 Å². The highest BCUT2D eigenvalue weighted by Gasteiger charge is 1.86. The van der Waals surface area contributed by atoms with Gasteiger partial charge in [-0.2, -0.15) is 5.10 Å². The summed E-state index contributed by atoms with van der Waals surface area (Å²) in [6.07, 6.45) is 1.98. The van der Waals surface area contributed by atoms with Crippen LogP contribution in [0.15, 0.2) is 12.3 Å². The number of aromatic nitrogens is 2. The van der Waals surface area contributed by atoms with Crippen molar-refractivity contribution in [2.45, 2.75) is 20.4 Å². The zero-order valence-electron chi connectivity index (χ0n) is 5.66. The molecule has 0 saturated carbocycles. The van der Waals surface area contributed by atoms with Crippen molar-refractivity contribution in [1.82, 2.24) is 9.78 Å². The third-order valence-electron chi connectivity index (χ3n) is 1.10. The van der Waals surface area contributed by atoms with E-state index in [4.69, 9.17) is 0 Å². The van der Waals surface area contributed by atoms with Crippen molar-refractivity contribution in [3.8, 4) is 0 Å². The van der Waals surface area contributed by atoms with E-state index >= 15 is 0 Å². The maximum atomic E-state index is 4.15. The summed E-state index contributed by atoms with van der Waals surface area (Å²) in [5.41, 5.74) is 1.09. The van der Waals surface area contributed by atoms with E-state index in [1.165, 1.54) is 0 Å². The molecular weight excluding hydrogens is 136 g/mol. The van der Waals surface area contributed by atoms with Crippen molar-refractivity contribution in [1.29, 1.82) is 0 Å². The summed E-state index contributed by atoms with van der Waals surface area (Å²) < 4.78 is 1.91. The van der Waals surface area contributed by atoms with Gasteiger partial charge in [0.1, 0.15) is 0 Å². The van der Waals surface area contributed by atoms with Gasteiger partial charge in [-0.05, 0) is 19.9 Å². The Kier molecular flexibility index (Phi) is 3.32. The fraction of sp³-hybridized carbons (Fsp3) is 0.500. The average Bonchev–Trinajstić information content (AvgIpc) is 2.14. The number of aryl methyl sites for hydroxylation is 2. The standard InChI is InChI=1S/C6H10N2.ClH/c1-3-8-5-4-6(2)7-8;/h4-5H,3H2,1-2H3;1H. The Morgan fingerprint density at radius 2 is 2.33 bits per heavy atom. The van der Waals surface area contributed by atoms with Crippen LogP contribution in [0.2, 0.25) is 0 Å². The van der Waals surface area contributed by atoms with E-state index in [1.807, 2.05) is 23.9 Å². The molecule has 0 amide bonds. The van der Waals surface area contributed by atoms with Crippen LogP contribution in [0, 0.1) is 6.92 Å². The first-order chi connectivity index (χ1) is 3.83. The van der Waals surface area contributed by atoms with Crippen molar-refractivity contribution in [3.63, 3.8) is 0 Å². The number of halogens is 1. The Labute approximate surface area is 61.3 Å². The van der Waals surface area contributed by atoms with Crippen LogP contribution >= 0.6 is 12.4 Å². The van der Waals surface area contributed by atoms with Crippen LogP contribution in [-0.2, 0) is 6.54 Å². The minimum atomic E-state index is 0. The summed E-state index contributed by atoms with van der Waals surface area (Å²) >= 11 is 0. The lowest BCUT2D eigenvalue weighted by Crippen LogP contribution is -1.93. The van der Waals surface area contributed by atoms with Crippen LogP contribution < -0.4 is 0 Å². The first-order valence-corrected chi connectivity index (χ1v) is 2.83. The van der Waals surface area contributed by atoms with Crippen LogP contribution in [0.3, 0.4) is 0 Å². The van der Waals surface area contributed by atoms with Crippen LogP contribution in [0.4, 0.5) is 0 Å². The van der Waals surface area contributed by atoms with E-state index in [9.17, 15) is 0 Å². The molecule has 3 heteroatoms. The molecule has 0 aromatic carbocycles. The molecule has 1 aromatic heterocycles. The molecule has 0 aliphatic rings. The number of nitrogens with zero attached hydrogens (tertiary/aromatic N) is 2. The zero-order valence-corrected chi connectivity index (χ0v) is 6.48. The van der Waals surface area contributed by atoms with E-state index in [-0.39, 0.29) is 12.4 Å². The zero-order chi connectivity index (χ0) is 5.98. The molecule has 0 N–H and O–H groups in total. The Morgan fingerprint density at radius 1 is 1.67 bits per heavy atom. The number of rotatable bonds is 1. The van der Waals surface area contributed by atoms with Crippen LogP contribution in [0.25, 0.3) is 0 Å². The molecule has 1 aromatic rings. The van der Waals surface area contributed by atoms with E-state index in [0.29, 0.717) is 0 Å². The number of hydrogen-bond donors (Lipinski definition) is 0. The Bertz CT molecular complexity index is 171. The molecule has 1 rings (SSSR count). The minimum absolute atomic E-state index is 0. The second kappa shape index (κ2) is 3.51. The van der Waals surface area contributed by atoms with Gasteiger partial charge in [0, 0.05) is 12.7 Å². The van der Waals surface area contributed by atoms with Gasteiger partial charge in [0.25, 0.3) is 0 Å². The maximum Gasteiger partial charge on any atom is 0.0593 e. The summed E-state index contributed by atoms with van der Waals surface area (Å²) in [5, 5.41) is 4.15. The number of hydrogen-bond acceptors (Lipinski definition) is 1. The first kappa shape index (κ1) is 8.50.